The number of piperidine rings is 1. The Morgan fingerprint density at radius 2 is 2.11 bits per heavy atom. The van der Waals surface area contributed by atoms with Crippen molar-refractivity contribution in [1.82, 2.24) is 5.32 Å². The maximum Gasteiger partial charge on any atom is 0.397 e. The third-order valence-corrected chi connectivity index (χ3v) is 3.68. The van der Waals surface area contributed by atoms with Crippen LogP contribution in [0.25, 0.3) is 0 Å². The summed E-state index contributed by atoms with van der Waals surface area (Å²) in [4.78, 5) is 0. The summed E-state index contributed by atoms with van der Waals surface area (Å²) >= 11 is 0. The van der Waals surface area contributed by atoms with Gasteiger partial charge >= 0.3 is 10.4 Å². The van der Waals surface area contributed by atoms with E-state index in [1.807, 2.05) is 0 Å². The van der Waals surface area contributed by atoms with Crippen molar-refractivity contribution in [1.29, 1.82) is 0 Å². The molecule has 2 unspecified atom stereocenters. The first-order valence-corrected chi connectivity index (χ1v) is 8.09. The van der Waals surface area contributed by atoms with E-state index in [4.69, 9.17) is 4.55 Å². The Morgan fingerprint density at radius 1 is 1.44 bits per heavy atom. The minimum Gasteiger partial charge on any atom is -0.316 e. The van der Waals surface area contributed by atoms with Crippen molar-refractivity contribution in [2.45, 2.75) is 46.5 Å². The van der Waals surface area contributed by atoms with Gasteiger partial charge in [-0.05, 0) is 44.2 Å². The molecule has 0 radical (unpaired) electrons. The van der Waals surface area contributed by atoms with Gasteiger partial charge in [-0.1, -0.05) is 27.2 Å². The molecule has 1 rings (SSSR count). The number of rotatable bonds is 5. The molecule has 5 nitrogen and oxygen atoms in total. The first kappa shape index (κ1) is 17.8. The molecule has 2 atom stereocenters. The van der Waals surface area contributed by atoms with E-state index in [1.54, 1.807) is 6.92 Å². The lowest BCUT2D eigenvalue weighted by Crippen LogP contribution is -2.33. The molecular weight excluding hydrogens is 254 g/mol. The second-order valence-corrected chi connectivity index (χ2v) is 5.83. The molecule has 0 bridgehead atoms. The van der Waals surface area contributed by atoms with Crippen molar-refractivity contribution in [3.63, 3.8) is 0 Å². The molecule has 1 aliphatic heterocycles. The highest BCUT2D eigenvalue weighted by molar-refractivity contribution is 7.80. The summed E-state index contributed by atoms with van der Waals surface area (Å²) in [7, 11) is -4.19. The molecule has 0 saturated carbocycles. The molecule has 0 amide bonds. The van der Waals surface area contributed by atoms with E-state index >= 15 is 0 Å². The standard InChI is InChI=1S/C9H19N.C3H8O4S/c1-3-8(2)9-5-4-6-10-7-9;1-2-3-7-8(4,5)6/h8-10H,3-7H2,1-2H3;2-3H2,1H3,(H,4,5,6). The Morgan fingerprint density at radius 3 is 2.44 bits per heavy atom. The maximum absolute atomic E-state index is 9.72. The third kappa shape index (κ3) is 9.82. The van der Waals surface area contributed by atoms with Gasteiger partial charge in [0.1, 0.15) is 0 Å². The van der Waals surface area contributed by atoms with Crippen LogP contribution >= 0.6 is 0 Å². The number of hydrogen-bond acceptors (Lipinski definition) is 4. The zero-order valence-electron chi connectivity index (χ0n) is 11.7. The van der Waals surface area contributed by atoms with Gasteiger partial charge in [-0.3, -0.25) is 4.55 Å². The van der Waals surface area contributed by atoms with E-state index in [2.05, 4.69) is 23.3 Å². The Labute approximate surface area is 111 Å². The lowest BCUT2D eigenvalue weighted by molar-refractivity contribution is 0.269. The van der Waals surface area contributed by atoms with Crippen molar-refractivity contribution in [3.8, 4) is 0 Å². The predicted octanol–water partition coefficient (Wildman–Crippen LogP) is 2.25. The van der Waals surface area contributed by atoms with E-state index in [1.165, 1.54) is 32.4 Å². The fourth-order valence-corrected chi connectivity index (χ4v) is 2.26. The lowest BCUT2D eigenvalue weighted by atomic mass is 9.86. The molecule has 0 aromatic rings. The maximum atomic E-state index is 9.72. The summed E-state index contributed by atoms with van der Waals surface area (Å²) in [6.07, 6.45) is 4.74. The van der Waals surface area contributed by atoms with Crippen molar-refractivity contribution < 1.29 is 17.2 Å². The van der Waals surface area contributed by atoms with Crippen LogP contribution in [0.5, 0.6) is 0 Å². The molecule has 0 aromatic heterocycles. The topological polar surface area (TPSA) is 75.6 Å². The van der Waals surface area contributed by atoms with Crippen LogP contribution in [0.2, 0.25) is 0 Å². The predicted molar refractivity (Wildman–Crippen MR) is 72.8 cm³/mol. The van der Waals surface area contributed by atoms with E-state index < -0.39 is 10.4 Å². The summed E-state index contributed by atoms with van der Waals surface area (Å²) < 4.78 is 31.3. The molecular formula is C12H27NO4S. The molecule has 1 heterocycles. The van der Waals surface area contributed by atoms with Gasteiger partial charge in [-0.15, -0.1) is 0 Å². The van der Waals surface area contributed by atoms with E-state index in [9.17, 15) is 8.42 Å². The normalized spacial score (nSPS) is 21.9. The molecule has 1 fully saturated rings. The molecule has 2 N–H and O–H groups in total. The van der Waals surface area contributed by atoms with Gasteiger partial charge < -0.3 is 5.32 Å². The highest BCUT2D eigenvalue weighted by atomic mass is 32.3. The van der Waals surface area contributed by atoms with Gasteiger partial charge in [0.25, 0.3) is 0 Å². The Bertz CT molecular complexity index is 286. The number of nitrogens with one attached hydrogen (secondary N) is 1. The SMILES string of the molecule is CCC(C)C1CCCNC1.CCCOS(=O)(=O)O. The van der Waals surface area contributed by atoms with Crippen LogP contribution < -0.4 is 5.32 Å². The van der Waals surface area contributed by atoms with Crippen LogP contribution in [0.15, 0.2) is 0 Å². The van der Waals surface area contributed by atoms with Crippen molar-refractivity contribution in [3.05, 3.63) is 0 Å². The van der Waals surface area contributed by atoms with Crippen LogP contribution in [0.4, 0.5) is 0 Å². The highest BCUT2D eigenvalue weighted by Gasteiger charge is 2.17. The Balaban J connectivity index is 0.000000331. The van der Waals surface area contributed by atoms with Crippen LogP contribution in [0.3, 0.4) is 0 Å². The summed E-state index contributed by atoms with van der Waals surface area (Å²) in [5, 5.41) is 3.45. The summed E-state index contributed by atoms with van der Waals surface area (Å²) in [6, 6.07) is 0. The van der Waals surface area contributed by atoms with E-state index in [0.29, 0.717) is 6.42 Å². The van der Waals surface area contributed by atoms with Gasteiger partial charge in [0.2, 0.25) is 0 Å². The van der Waals surface area contributed by atoms with E-state index in [-0.39, 0.29) is 6.61 Å². The van der Waals surface area contributed by atoms with Crippen LogP contribution in [0, 0.1) is 11.8 Å². The molecule has 1 saturated heterocycles. The molecule has 6 heteroatoms. The molecule has 18 heavy (non-hydrogen) atoms. The van der Waals surface area contributed by atoms with E-state index in [0.717, 1.165) is 11.8 Å². The quantitative estimate of drug-likeness (QED) is 0.756. The van der Waals surface area contributed by atoms with Crippen LogP contribution in [0.1, 0.15) is 46.5 Å². The number of hydrogen-bond donors (Lipinski definition) is 2. The summed E-state index contributed by atoms with van der Waals surface area (Å²) in [5.41, 5.74) is 0. The minimum atomic E-state index is -4.19. The van der Waals surface area contributed by atoms with Gasteiger partial charge in [-0.25, -0.2) is 4.18 Å². The summed E-state index contributed by atoms with van der Waals surface area (Å²) in [5.74, 6) is 1.88. The van der Waals surface area contributed by atoms with Gasteiger partial charge in [0, 0.05) is 0 Å². The fourth-order valence-electron chi connectivity index (χ4n) is 1.89. The summed E-state index contributed by atoms with van der Waals surface area (Å²) in [6.45, 7) is 8.95. The minimum absolute atomic E-state index is 0.0405. The lowest BCUT2D eigenvalue weighted by Gasteiger charge is -2.27. The van der Waals surface area contributed by atoms with Crippen LogP contribution in [-0.4, -0.2) is 32.7 Å². The fraction of sp³-hybridized carbons (Fsp3) is 1.00. The second kappa shape index (κ2) is 9.72. The smallest absolute Gasteiger partial charge is 0.316 e. The molecule has 0 aliphatic carbocycles. The zero-order valence-corrected chi connectivity index (χ0v) is 12.5. The monoisotopic (exact) mass is 281 g/mol. The zero-order chi connectivity index (χ0) is 14.0. The first-order chi connectivity index (χ1) is 8.40. The molecule has 0 aromatic carbocycles. The average Bonchev–Trinajstić information content (AvgIpc) is 2.36. The van der Waals surface area contributed by atoms with Crippen molar-refractivity contribution in [2.24, 2.45) is 11.8 Å². The van der Waals surface area contributed by atoms with Gasteiger partial charge in [-0.2, -0.15) is 8.42 Å². The van der Waals surface area contributed by atoms with Gasteiger partial charge in [0.15, 0.2) is 0 Å². The Hall–Kier alpha value is -0.170. The average molecular weight is 281 g/mol. The Kier molecular flexibility index (Phi) is 9.63. The third-order valence-electron chi connectivity index (χ3n) is 3.22. The second-order valence-electron chi connectivity index (χ2n) is 4.74. The van der Waals surface area contributed by atoms with Crippen LogP contribution in [-0.2, 0) is 14.6 Å². The molecule has 1 aliphatic rings. The van der Waals surface area contributed by atoms with Gasteiger partial charge in [0.05, 0.1) is 6.61 Å². The molecule has 0 spiro atoms. The largest absolute Gasteiger partial charge is 0.397 e. The highest BCUT2D eigenvalue weighted by Crippen LogP contribution is 2.21. The molecule has 110 valence electrons. The first-order valence-electron chi connectivity index (χ1n) is 6.73. The van der Waals surface area contributed by atoms with Crippen molar-refractivity contribution in [2.75, 3.05) is 19.7 Å². The van der Waals surface area contributed by atoms with Crippen molar-refractivity contribution >= 4 is 10.4 Å².